The van der Waals surface area contributed by atoms with Crippen molar-refractivity contribution in [1.82, 2.24) is 19.9 Å². The number of furan rings is 1. The standard InChI is InChI=1S/C22H26N4O5/c1-12-15-10-30-22(2,3)7-14(15)17-18-19(31-20(17)25-12)21(28)26(11-24-18)9-16(27)23-8-13-5-4-6-29-13/h11,13H,4-10H2,1-3H3,(H,23,27)/t13-/m1/s1. The zero-order valence-corrected chi connectivity index (χ0v) is 18.0. The van der Waals surface area contributed by atoms with Crippen molar-refractivity contribution in [3.05, 3.63) is 33.5 Å². The third kappa shape index (κ3) is 3.61. The number of ether oxygens (including phenoxy) is 2. The number of carbonyl (C=O) groups is 1. The lowest BCUT2D eigenvalue weighted by molar-refractivity contribution is -0.122. The third-order valence-electron chi connectivity index (χ3n) is 6.09. The smallest absolute Gasteiger partial charge is 0.297 e. The van der Waals surface area contributed by atoms with Crippen LogP contribution in [0.3, 0.4) is 0 Å². The van der Waals surface area contributed by atoms with Crippen molar-refractivity contribution in [1.29, 1.82) is 0 Å². The molecule has 0 unspecified atom stereocenters. The maximum atomic E-state index is 13.0. The molecule has 31 heavy (non-hydrogen) atoms. The van der Waals surface area contributed by atoms with E-state index in [0.29, 0.717) is 30.8 Å². The van der Waals surface area contributed by atoms with Crippen LogP contribution in [-0.4, -0.2) is 45.3 Å². The van der Waals surface area contributed by atoms with E-state index in [4.69, 9.17) is 13.9 Å². The third-order valence-corrected chi connectivity index (χ3v) is 6.09. The first kappa shape index (κ1) is 20.1. The molecule has 1 N–H and O–H groups in total. The van der Waals surface area contributed by atoms with Gasteiger partial charge in [-0.25, -0.2) is 9.97 Å². The molecule has 1 fully saturated rings. The molecule has 0 bridgehead atoms. The molecule has 9 nitrogen and oxygen atoms in total. The van der Waals surface area contributed by atoms with E-state index in [0.717, 1.165) is 41.7 Å². The van der Waals surface area contributed by atoms with E-state index in [1.54, 1.807) is 0 Å². The summed E-state index contributed by atoms with van der Waals surface area (Å²) in [5.74, 6) is -0.264. The molecule has 5 heterocycles. The average Bonchev–Trinajstić information content (AvgIpc) is 3.35. The number of hydrogen-bond acceptors (Lipinski definition) is 7. The van der Waals surface area contributed by atoms with Gasteiger partial charge in [-0.3, -0.25) is 14.2 Å². The van der Waals surface area contributed by atoms with Crippen molar-refractivity contribution in [3.63, 3.8) is 0 Å². The number of fused-ring (bicyclic) bond motifs is 5. The van der Waals surface area contributed by atoms with Crippen LogP contribution in [0.25, 0.3) is 22.2 Å². The van der Waals surface area contributed by atoms with Crippen molar-refractivity contribution in [2.45, 2.75) is 64.9 Å². The highest BCUT2D eigenvalue weighted by Crippen LogP contribution is 2.37. The second kappa shape index (κ2) is 7.42. The van der Waals surface area contributed by atoms with E-state index in [2.05, 4.69) is 15.3 Å². The van der Waals surface area contributed by atoms with Gasteiger partial charge in [-0.05, 0) is 39.2 Å². The lowest BCUT2D eigenvalue weighted by Gasteiger charge is -2.32. The highest BCUT2D eigenvalue weighted by molar-refractivity contribution is 6.03. The Labute approximate surface area is 178 Å². The second-order valence-corrected chi connectivity index (χ2v) is 8.96. The summed E-state index contributed by atoms with van der Waals surface area (Å²) in [6.07, 6.45) is 4.07. The molecule has 0 radical (unpaired) electrons. The molecule has 2 aliphatic rings. The van der Waals surface area contributed by atoms with E-state index in [1.165, 1.54) is 10.9 Å². The van der Waals surface area contributed by atoms with Gasteiger partial charge in [0.2, 0.25) is 17.2 Å². The largest absolute Gasteiger partial charge is 0.430 e. The summed E-state index contributed by atoms with van der Waals surface area (Å²) >= 11 is 0. The number of aromatic nitrogens is 3. The average molecular weight is 426 g/mol. The molecule has 5 rings (SSSR count). The molecule has 2 aliphatic heterocycles. The van der Waals surface area contributed by atoms with Crippen LogP contribution in [0.4, 0.5) is 0 Å². The molecule has 164 valence electrons. The topological polar surface area (TPSA) is 108 Å². The molecule has 0 aliphatic carbocycles. The molecule has 1 atom stereocenters. The first-order chi connectivity index (χ1) is 14.8. The number of amides is 1. The highest BCUT2D eigenvalue weighted by Gasteiger charge is 2.31. The van der Waals surface area contributed by atoms with Crippen molar-refractivity contribution in [2.75, 3.05) is 13.2 Å². The Bertz CT molecular complexity index is 1240. The minimum absolute atomic E-state index is 0.0466. The Morgan fingerprint density at radius 3 is 2.97 bits per heavy atom. The van der Waals surface area contributed by atoms with Crippen LogP contribution >= 0.6 is 0 Å². The van der Waals surface area contributed by atoms with Gasteiger partial charge in [0.15, 0.2) is 0 Å². The van der Waals surface area contributed by atoms with Gasteiger partial charge in [0.25, 0.3) is 5.56 Å². The van der Waals surface area contributed by atoms with Crippen molar-refractivity contribution in [2.24, 2.45) is 0 Å². The van der Waals surface area contributed by atoms with Crippen LogP contribution in [0, 0.1) is 6.92 Å². The first-order valence-corrected chi connectivity index (χ1v) is 10.6. The SMILES string of the molecule is Cc1nc2oc3c(=O)n(CC(=O)NC[C@H]4CCCO4)cnc3c2c2c1COC(C)(C)C2. The van der Waals surface area contributed by atoms with Crippen LogP contribution in [0.1, 0.15) is 43.5 Å². The fourth-order valence-corrected chi connectivity index (χ4v) is 4.42. The summed E-state index contributed by atoms with van der Waals surface area (Å²) in [5.41, 5.74) is 3.19. The van der Waals surface area contributed by atoms with Crippen molar-refractivity contribution < 1.29 is 18.7 Å². The number of hydrogen-bond donors (Lipinski definition) is 1. The molecule has 0 saturated carbocycles. The summed E-state index contributed by atoms with van der Waals surface area (Å²) in [7, 11) is 0. The Kier molecular flexibility index (Phi) is 4.82. The number of pyridine rings is 1. The van der Waals surface area contributed by atoms with Crippen molar-refractivity contribution in [3.8, 4) is 0 Å². The Hall–Kier alpha value is -2.78. The number of nitrogens with one attached hydrogen (secondary N) is 1. The number of aryl methyl sites for hydroxylation is 1. The van der Waals surface area contributed by atoms with E-state index in [9.17, 15) is 9.59 Å². The van der Waals surface area contributed by atoms with Gasteiger partial charge in [0, 0.05) is 30.8 Å². The molecule has 9 heteroatoms. The fraction of sp³-hybridized carbons (Fsp3) is 0.545. The lowest BCUT2D eigenvalue weighted by Crippen LogP contribution is -2.36. The number of nitrogens with zero attached hydrogens (tertiary/aromatic N) is 3. The van der Waals surface area contributed by atoms with Crippen LogP contribution in [-0.2, 0) is 33.8 Å². The van der Waals surface area contributed by atoms with Gasteiger partial charge in [-0.2, -0.15) is 0 Å². The molecular formula is C22H26N4O5. The van der Waals surface area contributed by atoms with E-state index in [1.807, 2.05) is 20.8 Å². The zero-order valence-electron chi connectivity index (χ0n) is 18.0. The maximum absolute atomic E-state index is 13.0. The van der Waals surface area contributed by atoms with E-state index >= 15 is 0 Å². The summed E-state index contributed by atoms with van der Waals surface area (Å²) in [4.78, 5) is 34.4. The highest BCUT2D eigenvalue weighted by atomic mass is 16.5. The molecule has 1 saturated heterocycles. The van der Waals surface area contributed by atoms with E-state index < -0.39 is 5.56 Å². The van der Waals surface area contributed by atoms with Gasteiger partial charge >= 0.3 is 0 Å². The summed E-state index contributed by atoms with van der Waals surface area (Å²) in [6, 6.07) is 0. The normalized spacial score (nSPS) is 20.3. The molecule has 3 aromatic rings. The van der Waals surface area contributed by atoms with Crippen LogP contribution in [0.15, 0.2) is 15.5 Å². The predicted octanol–water partition coefficient (Wildman–Crippen LogP) is 1.99. The van der Waals surface area contributed by atoms with Crippen LogP contribution in [0.2, 0.25) is 0 Å². The summed E-state index contributed by atoms with van der Waals surface area (Å²) in [5, 5.41) is 3.59. The monoisotopic (exact) mass is 426 g/mol. The Balaban J connectivity index is 1.50. The molecule has 1 amide bonds. The Morgan fingerprint density at radius 2 is 2.19 bits per heavy atom. The minimum Gasteiger partial charge on any atom is -0.430 e. The van der Waals surface area contributed by atoms with Crippen LogP contribution in [0.5, 0.6) is 0 Å². The fourth-order valence-electron chi connectivity index (χ4n) is 4.42. The Morgan fingerprint density at radius 1 is 1.35 bits per heavy atom. The number of carbonyl (C=O) groups excluding carboxylic acids is 1. The van der Waals surface area contributed by atoms with Gasteiger partial charge in [-0.1, -0.05) is 0 Å². The molecule has 3 aromatic heterocycles. The van der Waals surface area contributed by atoms with Gasteiger partial charge < -0.3 is 19.2 Å². The first-order valence-electron chi connectivity index (χ1n) is 10.6. The number of rotatable bonds is 4. The molecule has 0 aromatic carbocycles. The molecular weight excluding hydrogens is 400 g/mol. The van der Waals surface area contributed by atoms with Crippen molar-refractivity contribution >= 4 is 28.1 Å². The zero-order chi connectivity index (χ0) is 21.8. The van der Waals surface area contributed by atoms with Gasteiger partial charge in [0.05, 0.1) is 30.0 Å². The minimum atomic E-state index is -0.395. The molecule has 0 spiro atoms. The quantitative estimate of drug-likeness (QED) is 0.680. The lowest BCUT2D eigenvalue weighted by atomic mass is 9.89. The van der Waals surface area contributed by atoms with Gasteiger partial charge in [-0.15, -0.1) is 0 Å². The summed E-state index contributed by atoms with van der Waals surface area (Å²) < 4.78 is 18.6. The predicted molar refractivity (Wildman–Crippen MR) is 113 cm³/mol. The van der Waals surface area contributed by atoms with E-state index in [-0.39, 0.29) is 29.7 Å². The van der Waals surface area contributed by atoms with Crippen LogP contribution < -0.4 is 10.9 Å². The second-order valence-electron chi connectivity index (χ2n) is 8.96. The van der Waals surface area contributed by atoms with Gasteiger partial charge in [0.1, 0.15) is 12.1 Å². The summed E-state index contributed by atoms with van der Waals surface area (Å²) in [6.45, 7) is 7.50. The maximum Gasteiger partial charge on any atom is 0.297 e.